The molecule has 0 radical (unpaired) electrons. The molecular weight excluding hydrogens is 238 g/mol. The number of hydrogen-bond acceptors (Lipinski definition) is 3. The van der Waals surface area contributed by atoms with E-state index in [0.29, 0.717) is 5.28 Å². The summed E-state index contributed by atoms with van der Waals surface area (Å²) < 4.78 is 7.01. The maximum atomic E-state index is 5.93. The third kappa shape index (κ3) is 2.77. The lowest BCUT2D eigenvalue weighted by molar-refractivity contribution is 0.414. The summed E-state index contributed by atoms with van der Waals surface area (Å²) in [6.45, 7) is 2.68. The Balaban J connectivity index is 2.02. The summed E-state index contributed by atoms with van der Waals surface area (Å²) in [7, 11) is 1.66. The maximum Gasteiger partial charge on any atom is 0.225 e. The molecule has 0 atom stereocenters. The summed E-state index contributed by atoms with van der Waals surface area (Å²) >= 11 is 5.93. The summed E-state index contributed by atoms with van der Waals surface area (Å²) in [4.78, 5) is 0. The van der Waals surface area contributed by atoms with E-state index in [9.17, 15) is 0 Å². The van der Waals surface area contributed by atoms with Gasteiger partial charge < -0.3 is 9.30 Å². The van der Waals surface area contributed by atoms with Crippen LogP contribution in [0.2, 0.25) is 5.28 Å². The first-order chi connectivity index (χ1) is 8.20. The molecule has 2 aromatic rings. The number of halogens is 1. The summed E-state index contributed by atoms with van der Waals surface area (Å²) in [5, 5.41) is 8.17. The van der Waals surface area contributed by atoms with Crippen molar-refractivity contribution in [2.45, 2.75) is 19.9 Å². The molecule has 1 heterocycles. The maximum absolute atomic E-state index is 5.93. The second kappa shape index (κ2) is 5.19. The monoisotopic (exact) mass is 251 g/mol. The molecule has 4 nitrogen and oxygen atoms in total. The van der Waals surface area contributed by atoms with Gasteiger partial charge in [0.05, 0.1) is 7.11 Å². The second-order valence-corrected chi connectivity index (χ2v) is 4.10. The first-order valence-electron chi connectivity index (χ1n) is 5.39. The van der Waals surface area contributed by atoms with Gasteiger partial charge in [0.25, 0.3) is 0 Å². The number of nitrogens with zero attached hydrogens (tertiary/aromatic N) is 3. The minimum absolute atomic E-state index is 0.441. The van der Waals surface area contributed by atoms with Crippen molar-refractivity contribution >= 4 is 11.6 Å². The number of aromatic nitrogens is 3. The van der Waals surface area contributed by atoms with Crippen LogP contribution in [0.15, 0.2) is 24.3 Å². The molecule has 0 unspecified atom stereocenters. The van der Waals surface area contributed by atoms with E-state index in [0.717, 1.165) is 24.5 Å². The van der Waals surface area contributed by atoms with Crippen LogP contribution in [0.25, 0.3) is 0 Å². The van der Waals surface area contributed by atoms with Crippen molar-refractivity contribution in [3.8, 4) is 5.75 Å². The van der Waals surface area contributed by atoms with Gasteiger partial charge in [-0.15, -0.1) is 10.2 Å². The zero-order chi connectivity index (χ0) is 12.3. The summed E-state index contributed by atoms with van der Waals surface area (Å²) in [6, 6.07) is 8.00. The third-order valence-corrected chi connectivity index (χ3v) is 2.95. The highest BCUT2D eigenvalue weighted by Gasteiger charge is 2.05. The normalized spacial score (nSPS) is 10.5. The van der Waals surface area contributed by atoms with E-state index in [4.69, 9.17) is 16.3 Å². The predicted octanol–water partition coefficient (Wildman–Crippen LogP) is 2.49. The zero-order valence-corrected chi connectivity index (χ0v) is 10.6. The molecule has 1 aromatic carbocycles. The first kappa shape index (κ1) is 11.9. The van der Waals surface area contributed by atoms with Gasteiger partial charge in [0, 0.05) is 6.54 Å². The molecule has 0 aliphatic carbocycles. The molecule has 0 amide bonds. The molecule has 0 bridgehead atoms. The fourth-order valence-corrected chi connectivity index (χ4v) is 1.89. The molecule has 90 valence electrons. The quantitative estimate of drug-likeness (QED) is 0.838. The standard InChI is InChI=1S/C12H14ClN3O/c1-9-14-15-12(13)16(9)8-7-10-3-5-11(17-2)6-4-10/h3-6H,7-8H2,1-2H3. The van der Waals surface area contributed by atoms with E-state index in [1.165, 1.54) is 5.56 Å². The minimum Gasteiger partial charge on any atom is -0.497 e. The van der Waals surface area contributed by atoms with Crippen LogP contribution in [0.4, 0.5) is 0 Å². The van der Waals surface area contributed by atoms with E-state index in [-0.39, 0.29) is 0 Å². The number of benzene rings is 1. The van der Waals surface area contributed by atoms with Gasteiger partial charge in [0.2, 0.25) is 5.28 Å². The lowest BCUT2D eigenvalue weighted by atomic mass is 10.1. The van der Waals surface area contributed by atoms with Crippen molar-refractivity contribution in [3.63, 3.8) is 0 Å². The molecule has 0 saturated carbocycles. The summed E-state index contributed by atoms with van der Waals surface area (Å²) in [5.41, 5.74) is 1.23. The van der Waals surface area contributed by atoms with Crippen LogP contribution in [-0.2, 0) is 13.0 Å². The van der Waals surface area contributed by atoms with Crippen molar-refractivity contribution in [3.05, 3.63) is 40.9 Å². The lowest BCUT2D eigenvalue weighted by Crippen LogP contribution is -2.03. The van der Waals surface area contributed by atoms with Gasteiger partial charge in [-0.3, -0.25) is 0 Å². The van der Waals surface area contributed by atoms with Crippen molar-refractivity contribution in [2.75, 3.05) is 7.11 Å². The number of aryl methyl sites for hydroxylation is 2. The molecule has 5 heteroatoms. The number of methoxy groups -OCH3 is 1. The van der Waals surface area contributed by atoms with Gasteiger partial charge in [-0.1, -0.05) is 12.1 Å². The number of hydrogen-bond donors (Lipinski definition) is 0. The Bertz CT molecular complexity index is 473. The van der Waals surface area contributed by atoms with E-state index in [2.05, 4.69) is 10.2 Å². The average molecular weight is 252 g/mol. The third-order valence-electron chi connectivity index (χ3n) is 2.67. The molecule has 2 rings (SSSR count). The van der Waals surface area contributed by atoms with Gasteiger partial charge in [-0.2, -0.15) is 0 Å². The average Bonchev–Trinajstić information content (AvgIpc) is 2.67. The molecular formula is C12H14ClN3O. The molecule has 0 saturated heterocycles. The van der Waals surface area contributed by atoms with Crippen molar-refractivity contribution < 1.29 is 4.74 Å². The highest BCUT2D eigenvalue weighted by molar-refractivity contribution is 6.28. The van der Waals surface area contributed by atoms with Crippen LogP contribution in [0.1, 0.15) is 11.4 Å². The highest BCUT2D eigenvalue weighted by Crippen LogP contribution is 2.14. The first-order valence-corrected chi connectivity index (χ1v) is 5.76. The minimum atomic E-state index is 0.441. The van der Waals surface area contributed by atoms with Crippen molar-refractivity contribution in [1.29, 1.82) is 0 Å². The molecule has 0 aliphatic heterocycles. The van der Waals surface area contributed by atoms with Crippen LogP contribution in [0, 0.1) is 6.92 Å². The largest absolute Gasteiger partial charge is 0.497 e. The Morgan fingerprint density at radius 2 is 1.94 bits per heavy atom. The van der Waals surface area contributed by atoms with Crippen molar-refractivity contribution in [2.24, 2.45) is 0 Å². The zero-order valence-electron chi connectivity index (χ0n) is 9.85. The van der Waals surface area contributed by atoms with E-state index < -0.39 is 0 Å². The molecule has 1 aromatic heterocycles. The van der Waals surface area contributed by atoms with Crippen LogP contribution in [0.3, 0.4) is 0 Å². The van der Waals surface area contributed by atoms with Gasteiger partial charge in [-0.05, 0) is 42.6 Å². The molecule has 17 heavy (non-hydrogen) atoms. The lowest BCUT2D eigenvalue weighted by Gasteiger charge is -2.06. The Morgan fingerprint density at radius 1 is 1.24 bits per heavy atom. The van der Waals surface area contributed by atoms with Crippen LogP contribution in [-0.4, -0.2) is 21.9 Å². The van der Waals surface area contributed by atoms with Crippen LogP contribution >= 0.6 is 11.6 Å². The number of ether oxygens (including phenoxy) is 1. The van der Waals surface area contributed by atoms with E-state index in [1.54, 1.807) is 7.11 Å². The molecule has 0 N–H and O–H groups in total. The van der Waals surface area contributed by atoms with Crippen LogP contribution < -0.4 is 4.74 Å². The molecule has 0 fully saturated rings. The Labute approximate surface area is 105 Å². The molecule has 0 aliphatic rings. The Kier molecular flexibility index (Phi) is 3.64. The smallest absolute Gasteiger partial charge is 0.225 e. The second-order valence-electron chi connectivity index (χ2n) is 3.77. The Morgan fingerprint density at radius 3 is 2.47 bits per heavy atom. The van der Waals surface area contributed by atoms with Crippen LogP contribution in [0.5, 0.6) is 5.75 Å². The SMILES string of the molecule is COc1ccc(CCn2c(C)nnc2Cl)cc1. The van der Waals surface area contributed by atoms with Gasteiger partial charge in [0.15, 0.2) is 0 Å². The number of rotatable bonds is 4. The topological polar surface area (TPSA) is 39.9 Å². The van der Waals surface area contributed by atoms with Gasteiger partial charge >= 0.3 is 0 Å². The van der Waals surface area contributed by atoms with Crippen molar-refractivity contribution in [1.82, 2.24) is 14.8 Å². The highest BCUT2D eigenvalue weighted by atomic mass is 35.5. The fourth-order valence-electron chi connectivity index (χ4n) is 1.64. The molecule has 0 spiro atoms. The van der Waals surface area contributed by atoms with E-state index >= 15 is 0 Å². The van der Waals surface area contributed by atoms with E-state index in [1.807, 2.05) is 35.8 Å². The predicted molar refractivity (Wildman–Crippen MR) is 66.5 cm³/mol. The summed E-state index contributed by atoms with van der Waals surface area (Å²) in [6.07, 6.45) is 0.891. The van der Waals surface area contributed by atoms with Gasteiger partial charge in [-0.25, -0.2) is 0 Å². The fraction of sp³-hybridized carbons (Fsp3) is 0.333. The Hall–Kier alpha value is -1.55. The van der Waals surface area contributed by atoms with Gasteiger partial charge in [0.1, 0.15) is 11.6 Å². The summed E-state index contributed by atoms with van der Waals surface area (Å²) in [5.74, 6) is 1.70.